The summed E-state index contributed by atoms with van der Waals surface area (Å²) in [5, 5.41) is 4.02. The van der Waals surface area contributed by atoms with Crippen molar-refractivity contribution in [2.75, 3.05) is 18.4 Å². The van der Waals surface area contributed by atoms with Gasteiger partial charge in [0, 0.05) is 55.4 Å². The van der Waals surface area contributed by atoms with Gasteiger partial charge in [0.15, 0.2) is 5.16 Å². The molecule has 0 bridgehead atoms. The third-order valence-electron chi connectivity index (χ3n) is 5.35. The molecule has 4 rings (SSSR count). The molecule has 0 atom stereocenters. The SMILES string of the molecule is Cn1ccnc1CN1CCC(C(=O)Nc2ccc(Sc3nccn3C)cc2)CC1. The van der Waals surface area contributed by atoms with Gasteiger partial charge in [-0.2, -0.15) is 0 Å². The Labute approximate surface area is 175 Å². The average molecular weight is 411 g/mol. The van der Waals surface area contributed by atoms with E-state index in [1.807, 2.05) is 61.5 Å². The van der Waals surface area contributed by atoms with Gasteiger partial charge in [0.25, 0.3) is 0 Å². The molecule has 8 heteroatoms. The summed E-state index contributed by atoms with van der Waals surface area (Å²) in [5.74, 6) is 1.25. The molecule has 0 saturated carbocycles. The maximum absolute atomic E-state index is 12.7. The van der Waals surface area contributed by atoms with Crippen molar-refractivity contribution in [3.8, 4) is 0 Å². The molecule has 1 aliphatic rings. The van der Waals surface area contributed by atoms with Crippen LogP contribution in [0.15, 0.2) is 59.1 Å². The van der Waals surface area contributed by atoms with Crippen molar-refractivity contribution in [3.05, 3.63) is 54.9 Å². The largest absolute Gasteiger partial charge is 0.337 e. The molecular weight excluding hydrogens is 384 g/mol. The van der Waals surface area contributed by atoms with Crippen LogP contribution in [0.2, 0.25) is 0 Å². The molecule has 1 fully saturated rings. The Balaban J connectivity index is 1.26. The predicted molar refractivity (Wildman–Crippen MR) is 114 cm³/mol. The summed E-state index contributed by atoms with van der Waals surface area (Å²) in [4.78, 5) is 24.8. The number of rotatable bonds is 6. The lowest BCUT2D eigenvalue weighted by atomic mass is 9.96. The lowest BCUT2D eigenvalue weighted by Gasteiger charge is -2.30. The van der Waals surface area contributed by atoms with E-state index in [-0.39, 0.29) is 11.8 Å². The molecule has 152 valence electrons. The van der Waals surface area contributed by atoms with Gasteiger partial charge in [0.1, 0.15) is 5.82 Å². The number of imidazole rings is 2. The van der Waals surface area contributed by atoms with Crippen LogP contribution in [0, 0.1) is 5.92 Å². The fourth-order valence-corrected chi connectivity index (χ4v) is 4.31. The molecule has 1 aromatic carbocycles. The molecule has 3 heterocycles. The maximum atomic E-state index is 12.7. The zero-order valence-corrected chi connectivity index (χ0v) is 17.6. The quantitative estimate of drug-likeness (QED) is 0.676. The Bertz CT molecular complexity index is 956. The molecular formula is C21H26N6OS. The predicted octanol–water partition coefficient (Wildman–Crippen LogP) is 3.16. The van der Waals surface area contributed by atoms with Crippen molar-refractivity contribution in [1.29, 1.82) is 0 Å². The Hall–Kier alpha value is -2.58. The molecule has 29 heavy (non-hydrogen) atoms. The van der Waals surface area contributed by atoms with E-state index in [9.17, 15) is 4.79 Å². The zero-order chi connectivity index (χ0) is 20.2. The van der Waals surface area contributed by atoms with Gasteiger partial charge in [-0.25, -0.2) is 9.97 Å². The number of hydrogen-bond donors (Lipinski definition) is 1. The number of piperidine rings is 1. The molecule has 7 nitrogen and oxygen atoms in total. The number of carbonyl (C=O) groups is 1. The van der Waals surface area contributed by atoms with E-state index in [2.05, 4.69) is 24.8 Å². The highest BCUT2D eigenvalue weighted by atomic mass is 32.2. The van der Waals surface area contributed by atoms with E-state index in [0.29, 0.717) is 0 Å². The second kappa shape index (κ2) is 8.84. The number of likely N-dealkylation sites (tertiary alicyclic amines) is 1. The summed E-state index contributed by atoms with van der Waals surface area (Å²) in [6.45, 7) is 2.68. The van der Waals surface area contributed by atoms with Gasteiger partial charge in [-0.05, 0) is 50.2 Å². The van der Waals surface area contributed by atoms with Gasteiger partial charge in [0.05, 0.1) is 6.54 Å². The van der Waals surface area contributed by atoms with Gasteiger partial charge in [-0.15, -0.1) is 0 Å². The Morgan fingerprint density at radius 2 is 1.76 bits per heavy atom. The van der Waals surface area contributed by atoms with Gasteiger partial charge in [-0.3, -0.25) is 9.69 Å². The van der Waals surface area contributed by atoms with Crippen LogP contribution in [-0.4, -0.2) is 43.0 Å². The van der Waals surface area contributed by atoms with Crippen LogP contribution in [0.25, 0.3) is 0 Å². The van der Waals surface area contributed by atoms with E-state index in [0.717, 1.165) is 54.0 Å². The molecule has 2 aromatic heterocycles. The summed E-state index contributed by atoms with van der Waals surface area (Å²) < 4.78 is 4.04. The van der Waals surface area contributed by atoms with Crippen molar-refractivity contribution in [2.45, 2.75) is 29.4 Å². The van der Waals surface area contributed by atoms with Crippen LogP contribution < -0.4 is 5.32 Å². The Morgan fingerprint density at radius 1 is 1.07 bits per heavy atom. The molecule has 0 unspecified atom stereocenters. The number of carbonyl (C=O) groups excluding carboxylic acids is 1. The van der Waals surface area contributed by atoms with Crippen LogP contribution in [0.1, 0.15) is 18.7 Å². The number of hydrogen-bond acceptors (Lipinski definition) is 5. The fraction of sp³-hybridized carbons (Fsp3) is 0.381. The number of anilines is 1. The molecule has 0 radical (unpaired) electrons. The zero-order valence-electron chi connectivity index (χ0n) is 16.8. The number of benzene rings is 1. The third-order valence-corrected chi connectivity index (χ3v) is 6.44. The second-order valence-electron chi connectivity index (χ2n) is 7.44. The second-order valence-corrected chi connectivity index (χ2v) is 8.48. The van der Waals surface area contributed by atoms with Crippen LogP contribution in [0.5, 0.6) is 0 Å². The maximum Gasteiger partial charge on any atom is 0.227 e. The summed E-state index contributed by atoms with van der Waals surface area (Å²) in [6, 6.07) is 7.95. The first-order valence-corrected chi connectivity index (χ1v) is 10.6. The molecule has 0 aliphatic carbocycles. The number of amides is 1. The van der Waals surface area contributed by atoms with Crippen molar-refractivity contribution in [1.82, 2.24) is 24.0 Å². The van der Waals surface area contributed by atoms with E-state index in [4.69, 9.17) is 0 Å². The first-order valence-electron chi connectivity index (χ1n) is 9.83. The highest BCUT2D eigenvalue weighted by Gasteiger charge is 2.25. The smallest absolute Gasteiger partial charge is 0.227 e. The van der Waals surface area contributed by atoms with Crippen LogP contribution in [-0.2, 0) is 25.4 Å². The molecule has 1 N–H and O–H groups in total. The minimum absolute atomic E-state index is 0.0641. The number of aromatic nitrogens is 4. The van der Waals surface area contributed by atoms with Crippen LogP contribution >= 0.6 is 11.8 Å². The molecule has 1 amide bonds. The fourth-order valence-electron chi connectivity index (χ4n) is 3.51. The van der Waals surface area contributed by atoms with E-state index in [1.165, 1.54) is 0 Å². The Morgan fingerprint density at radius 3 is 2.38 bits per heavy atom. The first-order chi connectivity index (χ1) is 14.1. The topological polar surface area (TPSA) is 68.0 Å². The van der Waals surface area contributed by atoms with Gasteiger partial charge in [-0.1, -0.05) is 11.8 Å². The lowest BCUT2D eigenvalue weighted by Crippen LogP contribution is -2.38. The van der Waals surface area contributed by atoms with Gasteiger partial charge in [0.2, 0.25) is 5.91 Å². The van der Waals surface area contributed by atoms with Crippen molar-refractivity contribution < 1.29 is 4.79 Å². The monoisotopic (exact) mass is 410 g/mol. The van der Waals surface area contributed by atoms with Crippen molar-refractivity contribution in [3.63, 3.8) is 0 Å². The summed E-state index contributed by atoms with van der Waals surface area (Å²) in [5.41, 5.74) is 0.842. The highest BCUT2D eigenvalue weighted by Crippen LogP contribution is 2.27. The van der Waals surface area contributed by atoms with Crippen LogP contribution in [0.4, 0.5) is 5.69 Å². The minimum atomic E-state index is 0.0641. The Kier molecular flexibility index (Phi) is 6.01. The van der Waals surface area contributed by atoms with Gasteiger partial charge < -0.3 is 14.5 Å². The number of aryl methyl sites for hydroxylation is 2. The van der Waals surface area contributed by atoms with E-state index >= 15 is 0 Å². The lowest BCUT2D eigenvalue weighted by molar-refractivity contribution is -0.121. The number of nitrogens with one attached hydrogen (secondary N) is 1. The highest BCUT2D eigenvalue weighted by molar-refractivity contribution is 7.99. The minimum Gasteiger partial charge on any atom is -0.337 e. The first kappa shape index (κ1) is 19.7. The summed E-state index contributed by atoms with van der Waals surface area (Å²) >= 11 is 1.61. The molecule has 3 aromatic rings. The van der Waals surface area contributed by atoms with E-state index < -0.39 is 0 Å². The summed E-state index contributed by atoms with van der Waals surface area (Å²) in [6.07, 6.45) is 9.27. The normalized spacial score (nSPS) is 15.5. The van der Waals surface area contributed by atoms with Crippen molar-refractivity contribution in [2.24, 2.45) is 20.0 Å². The molecule has 1 saturated heterocycles. The summed E-state index contributed by atoms with van der Waals surface area (Å²) in [7, 11) is 3.99. The molecule has 0 spiro atoms. The van der Waals surface area contributed by atoms with Crippen molar-refractivity contribution >= 4 is 23.4 Å². The standard InChI is InChI=1S/C21H26N6OS/c1-25-13-9-22-19(25)15-27-11-7-16(8-12-27)20(28)24-17-3-5-18(6-4-17)29-21-23-10-14-26(21)2/h3-6,9-10,13-14,16H,7-8,11-12,15H2,1-2H3,(H,24,28). The van der Waals surface area contributed by atoms with E-state index in [1.54, 1.807) is 18.0 Å². The molecule has 1 aliphatic heterocycles. The van der Waals surface area contributed by atoms with Crippen LogP contribution in [0.3, 0.4) is 0 Å². The van der Waals surface area contributed by atoms with Gasteiger partial charge >= 0.3 is 0 Å². The number of nitrogens with zero attached hydrogens (tertiary/aromatic N) is 5. The third kappa shape index (κ3) is 4.89. The average Bonchev–Trinajstić information content (AvgIpc) is 3.32.